The number of rotatable bonds is 1. The van der Waals surface area contributed by atoms with E-state index in [1.54, 1.807) is 24.3 Å². The van der Waals surface area contributed by atoms with Crippen molar-refractivity contribution < 1.29 is 8.76 Å². The summed E-state index contributed by atoms with van der Waals surface area (Å²) in [5.41, 5.74) is 5.72. The molecule has 0 fully saturated rings. The van der Waals surface area contributed by atoms with E-state index in [1.165, 1.54) is 0 Å². The maximum Gasteiger partial charge on any atom is 0.223 e. The average Bonchev–Trinajstić information content (AvgIpc) is 2.06. The summed E-state index contributed by atoms with van der Waals surface area (Å²) in [6.07, 6.45) is 0. The van der Waals surface area contributed by atoms with Crippen LogP contribution in [0.2, 0.25) is 0 Å². The molecule has 0 heterocycles. The molecule has 1 atom stereocenters. The van der Waals surface area contributed by atoms with E-state index < -0.39 is 11.1 Å². The van der Waals surface area contributed by atoms with Crippen LogP contribution in [0.4, 0.5) is 5.69 Å². The molecule has 0 saturated heterocycles. The smallest absolute Gasteiger partial charge is 0.223 e. The van der Waals surface area contributed by atoms with Crippen molar-refractivity contribution in [2.24, 2.45) is 10.7 Å². The summed E-state index contributed by atoms with van der Waals surface area (Å²) in [5.74, 6) is 0. The van der Waals surface area contributed by atoms with E-state index in [0.717, 1.165) is 0 Å². The largest absolute Gasteiger partial charge is 0.374 e. The molecule has 1 aromatic rings. The van der Waals surface area contributed by atoms with Gasteiger partial charge in [-0.3, -0.25) is 4.55 Å². The minimum absolute atomic E-state index is 0.291. The number of para-hydroxylation sites is 1. The summed E-state index contributed by atoms with van der Waals surface area (Å²) < 4.78 is 18.9. The fourth-order valence-corrected chi connectivity index (χ4v) is 0.852. The first kappa shape index (κ1) is 8.89. The molecule has 0 aromatic heterocycles. The molecule has 0 amide bonds. The summed E-state index contributed by atoms with van der Waals surface area (Å²) in [7, 11) is 0. The Labute approximate surface area is 72.4 Å². The predicted octanol–water partition coefficient (Wildman–Crippen LogP) is 0.855. The van der Waals surface area contributed by atoms with Gasteiger partial charge in [0, 0.05) is 0 Å². The Morgan fingerprint density at radius 2 is 2.00 bits per heavy atom. The fraction of sp³-hybridized carbons (Fsp3) is 0. The molecular weight excluding hydrogens is 176 g/mol. The van der Waals surface area contributed by atoms with Gasteiger partial charge in [0.1, 0.15) is 0 Å². The van der Waals surface area contributed by atoms with Gasteiger partial charge in [-0.15, -0.1) is 0 Å². The van der Waals surface area contributed by atoms with Gasteiger partial charge < -0.3 is 5.73 Å². The second-order valence-corrected chi connectivity index (χ2v) is 2.95. The molecule has 0 aliphatic heterocycles. The van der Waals surface area contributed by atoms with Crippen molar-refractivity contribution >= 4 is 21.9 Å². The summed E-state index contributed by atoms with van der Waals surface area (Å²) in [6, 6.07) is 8.75. The Bertz CT molecular complexity index is 310. The molecule has 0 saturated carbocycles. The topological polar surface area (TPSA) is 75.7 Å². The van der Waals surface area contributed by atoms with E-state index in [9.17, 15) is 4.21 Å². The van der Waals surface area contributed by atoms with E-state index in [-0.39, 0.29) is 5.17 Å². The predicted molar refractivity (Wildman–Crippen MR) is 48.5 cm³/mol. The van der Waals surface area contributed by atoms with Crippen LogP contribution in [0, 0.1) is 0 Å². The summed E-state index contributed by atoms with van der Waals surface area (Å²) in [4.78, 5) is 3.70. The van der Waals surface area contributed by atoms with Crippen molar-refractivity contribution in [2.45, 2.75) is 0 Å². The molecule has 1 aromatic carbocycles. The standard InChI is InChI=1S/C7H8N2O2S/c8-7(12(10)11)9-6-4-2-1-3-5-6/h1-5H,(H2,8,9)(H,10,11). The zero-order chi connectivity index (χ0) is 8.97. The second-order valence-electron chi connectivity index (χ2n) is 2.03. The maximum atomic E-state index is 10.4. The molecule has 4 nitrogen and oxygen atoms in total. The van der Waals surface area contributed by atoms with Gasteiger partial charge in [-0.1, -0.05) is 18.2 Å². The Morgan fingerprint density at radius 3 is 2.50 bits per heavy atom. The second kappa shape index (κ2) is 3.99. The first-order valence-electron chi connectivity index (χ1n) is 3.20. The number of hydrogen-bond donors (Lipinski definition) is 2. The number of amidine groups is 1. The summed E-state index contributed by atoms with van der Waals surface area (Å²) >= 11 is -2.18. The van der Waals surface area contributed by atoms with Crippen molar-refractivity contribution in [3.05, 3.63) is 30.3 Å². The van der Waals surface area contributed by atoms with Gasteiger partial charge in [-0.25, -0.2) is 9.20 Å². The third-order valence-corrected chi connectivity index (χ3v) is 1.62. The molecule has 5 heteroatoms. The lowest BCUT2D eigenvalue weighted by Gasteiger charge is -1.93. The SMILES string of the molecule is NC(=Nc1ccccc1)S(=O)O. The van der Waals surface area contributed by atoms with Crippen molar-refractivity contribution in [1.29, 1.82) is 0 Å². The molecule has 12 heavy (non-hydrogen) atoms. The Hall–Kier alpha value is -1.20. The van der Waals surface area contributed by atoms with Gasteiger partial charge in [-0.2, -0.15) is 0 Å². The lowest BCUT2D eigenvalue weighted by atomic mass is 10.3. The van der Waals surface area contributed by atoms with Crippen LogP contribution < -0.4 is 5.73 Å². The monoisotopic (exact) mass is 184 g/mol. The lowest BCUT2D eigenvalue weighted by molar-refractivity contribution is 0.576. The molecule has 0 spiro atoms. The Balaban J connectivity index is 2.89. The van der Waals surface area contributed by atoms with E-state index in [4.69, 9.17) is 10.3 Å². The van der Waals surface area contributed by atoms with Gasteiger partial charge in [0.15, 0.2) is 0 Å². The molecule has 0 radical (unpaired) electrons. The zero-order valence-electron chi connectivity index (χ0n) is 6.18. The van der Waals surface area contributed by atoms with Gasteiger partial charge in [-0.05, 0) is 12.1 Å². The van der Waals surface area contributed by atoms with Gasteiger partial charge >= 0.3 is 0 Å². The molecule has 0 aliphatic rings. The third kappa shape index (κ3) is 2.44. The zero-order valence-corrected chi connectivity index (χ0v) is 6.99. The van der Waals surface area contributed by atoms with Gasteiger partial charge in [0.25, 0.3) is 0 Å². The summed E-state index contributed by atoms with van der Waals surface area (Å²) in [5, 5.41) is -0.291. The highest BCUT2D eigenvalue weighted by atomic mass is 32.2. The third-order valence-electron chi connectivity index (χ3n) is 1.17. The first-order valence-corrected chi connectivity index (χ1v) is 4.31. The van der Waals surface area contributed by atoms with E-state index >= 15 is 0 Å². The van der Waals surface area contributed by atoms with Crippen LogP contribution in [0.1, 0.15) is 0 Å². The van der Waals surface area contributed by atoms with E-state index in [2.05, 4.69) is 4.99 Å². The molecule has 3 N–H and O–H groups in total. The first-order chi connectivity index (χ1) is 5.70. The fourth-order valence-electron chi connectivity index (χ4n) is 0.669. The molecule has 1 unspecified atom stereocenters. The van der Waals surface area contributed by atoms with Crippen LogP contribution in [-0.4, -0.2) is 13.9 Å². The molecule has 0 aliphatic carbocycles. The maximum absolute atomic E-state index is 10.4. The number of benzene rings is 1. The van der Waals surface area contributed by atoms with Crippen LogP contribution in [-0.2, 0) is 11.1 Å². The van der Waals surface area contributed by atoms with E-state index in [0.29, 0.717) is 5.69 Å². The summed E-state index contributed by atoms with van der Waals surface area (Å²) in [6.45, 7) is 0. The van der Waals surface area contributed by atoms with Crippen molar-refractivity contribution in [3.63, 3.8) is 0 Å². The quantitative estimate of drug-likeness (QED) is 0.386. The highest BCUT2D eigenvalue weighted by molar-refractivity contribution is 7.95. The molecule has 1 rings (SSSR count). The number of nitrogens with two attached hydrogens (primary N) is 1. The lowest BCUT2D eigenvalue weighted by Crippen LogP contribution is -2.16. The van der Waals surface area contributed by atoms with E-state index in [1.807, 2.05) is 6.07 Å². The molecule has 64 valence electrons. The highest BCUT2D eigenvalue weighted by Gasteiger charge is 1.98. The van der Waals surface area contributed by atoms with Crippen LogP contribution in [0.15, 0.2) is 35.3 Å². The Kier molecular flexibility index (Phi) is 2.95. The van der Waals surface area contributed by atoms with Gasteiger partial charge in [0.05, 0.1) is 5.69 Å². The minimum atomic E-state index is -2.18. The van der Waals surface area contributed by atoms with Crippen LogP contribution in [0.3, 0.4) is 0 Å². The minimum Gasteiger partial charge on any atom is -0.374 e. The number of aliphatic imine (C=N–C) groups is 1. The van der Waals surface area contributed by atoms with Crippen molar-refractivity contribution in [3.8, 4) is 0 Å². The van der Waals surface area contributed by atoms with Crippen molar-refractivity contribution in [1.82, 2.24) is 0 Å². The Morgan fingerprint density at radius 1 is 1.42 bits per heavy atom. The normalized spacial score (nSPS) is 14.2. The van der Waals surface area contributed by atoms with Gasteiger partial charge in [0.2, 0.25) is 16.2 Å². The van der Waals surface area contributed by atoms with Crippen LogP contribution >= 0.6 is 0 Å². The number of nitrogens with zero attached hydrogens (tertiary/aromatic N) is 1. The average molecular weight is 184 g/mol. The molecular formula is C7H8N2O2S. The van der Waals surface area contributed by atoms with Crippen LogP contribution in [0.5, 0.6) is 0 Å². The van der Waals surface area contributed by atoms with Crippen molar-refractivity contribution in [2.75, 3.05) is 0 Å². The molecule has 0 bridgehead atoms. The highest BCUT2D eigenvalue weighted by Crippen LogP contribution is 2.09. The number of hydrogen-bond acceptors (Lipinski definition) is 2. The van der Waals surface area contributed by atoms with Crippen LogP contribution in [0.25, 0.3) is 0 Å².